The molecule has 16 heavy (non-hydrogen) atoms. The molecule has 84 valence electrons. The molecule has 2 rings (SSSR count). The molecule has 0 aromatic heterocycles. The minimum Gasteiger partial charge on any atom is -0.465 e. The van der Waals surface area contributed by atoms with E-state index in [1.807, 2.05) is 19.1 Å². The van der Waals surface area contributed by atoms with Crippen LogP contribution in [0.2, 0.25) is 0 Å². The topological polar surface area (TPSA) is 26.3 Å². The van der Waals surface area contributed by atoms with E-state index >= 15 is 0 Å². The van der Waals surface area contributed by atoms with Crippen LogP contribution < -0.4 is 0 Å². The third-order valence-electron chi connectivity index (χ3n) is 2.84. The van der Waals surface area contributed by atoms with E-state index < -0.39 is 0 Å². The monoisotopic (exact) mass is 234 g/mol. The first-order valence-electron chi connectivity index (χ1n) is 5.18. The van der Waals surface area contributed by atoms with Crippen LogP contribution in [0.3, 0.4) is 0 Å². The summed E-state index contributed by atoms with van der Waals surface area (Å²) in [7, 11) is 1.41. The van der Waals surface area contributed by atoms with Crippen molar-refractivity contribution in [3.8, 4) is 0 Å². The minimum atomic E-state index is -0.267. The highest BCUT2D eigenvalue weighted by molar-refractivity contribution is 7.99. The van der Waals surface area contributed by atoms with Gasteiger partial charge >= 0.3 is 5.97 Å². The molecule has 1 heterocycles. The quantitative estimate of drug-likeness (QED) is 0.697. The van der Waals surface area contributed by atoms with E-state index in [2.05, 4.69) is 6.58 Å². The Hall–Kier alpha value is -1.22. The molecule has 0 N–H and O–H groups in total. The normalized spacial score (nSPS) is 14.5. The molecule has 1 aromatic carbocycles. The summed E-state index contributed by atoms with van der Waals surface area (Å²) in [6.07, 6.45) is 1.02. The van der Waals surface area contributed by atoms with E-state index in [4.69, 9.17) is 4.74 Å². The van der Waals surface area contributed by atoms with Crippen molar-refractivity contribution in [3.63, 3.8) is 0 Å². The smallest absolute Gasteiger partial charge is 0.338 e. The fourth-order valence-corrected chi connectivity index (χ4v) is 3.15. The van der Waals surface area contributed by atoms with Crippen LogP contribution in [0.15, 0.2) is 23.6 Å². The highest BCUT2D eigenvalue weighted by Gasteiger charge is 2.19. The molecule has 0 spiro atoms. The van der Waals surface area contributed by atoms with Crippen molar-refractivity contribution < 1.29 is 9.53 Å². The number of carbonyl (C=O) groups excluding carboxylic acids is 1. The van der Waals surface area contributed by atoms with E-state index in [9.17, 15) is 4.79 Å². The number of hydrogen-bond donors (Lipinski definition) is 0. The van der Waals surface area contributed by atoms with Crippen LogP contribution in [0.1, 0.15) is 27.9 Å². The second-order valence-electron chi connectivity index (χ2n) is 3.81. The van der Waals surface area contributed by atoms with Gasteiger partial charge in [-0.2, -0.15) is 0 Å². The maximum Gasteiger partial charge on any atom is 0.338 e. The Bertz CT molecular complexity index is 463. The molecule has 0 amide bonds. The Morgan fingerprint density at radius 1 is 1.50 bits per heavy atom. The summed E-state index contributed by atoms with van der Waals surface area (Å²) in [4.78, 5) is 12.7. The molecule has 3 heteroatoms. The summed E-state index contributed by atoms with van der Waals surface area (Å²) < 4.78 is 4.76. The SMILES string of the molecule is C=C1CCSc2c1ccc(C(=O)OC)c2C. The Labute approximate surface area is 99.7 Å². The number of rotatable bonds is 1. The summed E-state index contributed by atoms with van der Waals surface area (Å²) in [5.41, 5.74) is 4.01. The van der Waals surface area contributed by atoms with Crippen molar-refractivity contribution in [1.29, 1.82) is 0 Å². The molecule has 0 radical (unpaired) electrons. The van der Waals surface area contributed by atoms with Crippen molar-refractivity contribution in [3.05, 3.63) is 35.4 Å². The Morgan fingerprint density at radius 3 is 2.94 bits per heavy atom. The van der Waals surface area contributed by atoms with Crippen LogP contribution in [0.5, 0.6) is 0 Å². The fourth-order valence-electron chi connectivity index (χ4n) is 1.90. The molecule has 0 saturated carbocycles. The predicted molar refractivity (Wildman–Crippen MR) is 66.9 cm³/mol. The van der Waals surface area contributed by atoms with Crippen molar-refractivity contribution in [1.82, 2.24) is 0 Å². The molecule has 0 fully saturated rings. The molecule has 0 unspecified atom stereocenters. The first-order valence-corrected chi connectivity index (χ1v) is 6.16. The van der Waals surface area contributed by atoms with Crippen molar-refractivity contribution >= 4 is 23.3 Å². The van der Waals surface area contributed by atoms with Crippen molar-refractivity contribution in [2.75, 3.05) is 12.9 Å². The molecule has 1 aromatic rings. The highest BCUT2D eigenvalue weighted by atomic mass is 32.2. The molecule has 1 aliphatic rings. The Morgan fingerprint density at radius 2 is 2.25 bits per heavy atom. The van der Waals surface area contributed by atoms with Gasteiger partial charge in [0.15, 0.2) is 0 Å². The van der Waals surface area contributed by atoms with Gasteiger partial charge in [0, 0.05) is 10.6 Å². The van der Waals surface area contributed by atoms with Gasteiger partial charge < -0.3 is 4.74 Å². The number of methoxy groups -OCH3 is 1. The third-order valence-corrected chi connectivity index (χ3v) is 4.07. The average Bonchev–Trinajstić information content (AvgIpc) is 2.30. The highest BCUT2D eigenvalue weighted by Crippen LogP contribution is 2.39. The van der Waals surface area contributed by atoms with Gasteiger partial charge in [-0.25, -0.2) is 4.79 Å². The van der Waals surface area contributed by atoms with Gasteiger partial charge in [-0.3, -0.25) is 0 Å². The lowest BCUT2D eigenvalue weighted by molar-refractivity contribution is 0.0599. The predicted octanol–water partition coefficient (Wildman–Crippen LogP) is 3.29. The molecular weight excluding hydrogens is 220 g/mol. The molecule has 0 bridgehead atoms. The number of allylic oxidation sites excluding steroid dienone is 1. The summed E-state index contributed by atoms with van der Waals surface area (Å²) in [5.74, 6) is 0.772. The lowest BCUT2D eigenvalue weighted by atomic mass is 9.98. The van der Waals surface area contributed by atoms with E-state index in [0.717, 1.165) is 23.3 Å². The van der Waals surface area contributed by atoms with E-state index in [0.29, 0.717) is 5.56 Å². The zero-order valence-electron chi connectivity index (χ0n) is 9.50. The molecule has 0 atom stereocenters. The zero-order valence-corrected chi connectivity index (χ0v) is 10.3. The van der Waals surface area contributed by atoms with Crippen molar-refractivity contribution in [2.24, 2.45) is 0 Å². The van der Waals surface area contributed by atoms with E-state index in [-0.39, 0.29) is 5.97 Å². The molecule has 0 aliphatic carbocycles. The molecular formula is C13H14O2S. The summed E-state index contributed by atoms with van der Waals surface area (Å²) >= 11 is 1.79. The largest absolute Gasteiger partial charge is 0.465 e. The number of benzene rings is 1. The van der Waals surface area contributed by atoms with Crippen LogP contribution in [0.4, 0.5) is 0 Å². The van der Waals surface area contributed by atoms with Crippen molar-refractivity contribution in [2.45, 2.75) is 18.2 Å². The Balaban J connectivity index is 2.55. The minimum absolute atomic E-state index is 0.267. The summed E-state index contributed by atoms with van der Waals surface area (Å²) in [6, 6.07) is 3.81. The molecule has 1 aliphatic heterocycles. The van der Waals surface area contributed by atoms with Gasteiger partial charge in [0.2, 0.25) is 0 Å². The number of ether oxygens (including phenoxy) is 1. The van der Waals surface area contributed by atoms with Crippen LogP contribution in [0.25, 0.3) is 5.57 Å². The first-order chi connectivity index (χ1) is 7.65. The Kier molecular flexibility index (Phi) is 3.06. The zero-order chi connectivity index (χ0) is 11.7. The van der Waals surface area contributed by atoms with Gasteiger partial charge in [-0.15, -0.1) is 11.8 Å². The van der Waals surface area contributed by atoms with Crippen LogP contribution in [-0.4, -0.2) is 18.8 Å². The first kappa shape index (κ1) is 11.3. The van der Waals surface area contributed by atoms with Gasteiger partial charge in [-0.05, 0) is 36.1 Å². The number of carbonyl (C=O) groups is 1. The lowest BCUT2D eigenvalue weighted by Gasteiger charge is -2.20. The van der Waals surface area contributed by atoms with Gasteiger partial charge in [0.25, 0.3) is 0 Å². The maximum absolute atomic E-state index is 11.5. The third kappa shape index (κ3) is 1.76. The van der Waals surface area contributed by atoms with E-state index in [1.54, 1.807) is 11.8 Å². The average molecular weight is 234 g/mol. The van der Waals surface area contributed by atoms with Crippen LogP contribution >= 0.6 is 11.8 Å². The van der Waals surface area contributed by atoms with Gasteiger partial charge in [-0.1, -0.05) is 12.6 Å². The van der Waals surface area contributed by atoms with Gasteiger partial charge in [0.1, 0.15) is 0 Å². The number of fused-ring (bicyclic) bond motifs is 1. The van der Waals surface area contributed by atoms with Crippen LogP contribution in [-0.2, 0) is 4.74 Å². The molecule has 2 nitrogen and oxygen atoms in total. The number of hydrogen-bond acceptors (Lipinski definition) is 3. The van der Waals surface area contributed by atoms with Crippen LogP contribution in [0, 0.1) is 6.92 Å². The second-order valence-corrected chi connectivity index (χ2v) is 4.91. The number of esters is 1. The standard InChI is InChI=1S/C13H14O2S/c1-8-6-7-16-12-9(2)11(13(14)15-3)5-4-10(8)12/h4-5H,1,6-7H2,2-3H3. The maximum atomic E-state index is 11.5. The van der Waals surface area contributed by atoms with Gasteiger partial charge in [0.05, 0.1) is 12.7 Å². The fraction of sp³-hybridized carbons (Fsp3) is 0.308. The van der Waals surface area contributed by atoms with E-state index in [1.165, 1.54) is 17.6 Å². The second kappa shape index (κ2) is 4.34. The number of thioether (sulfide) groups is 1. The summed E-state index contributed by atoms with van der Waals surface area (Å²) in [5, 5.41) is 0. The lowest BCUT2D eigenvalue weighted by Crippen LogP contribution is -2.07. The summed E-state index contributed by atoms with van der Waals surface area (Å²) in [6.45, 7) is 6.03. The molecule has 0 saturated heterocycles.